The van der Waals surface area contributed by atoms with Crippen LogP contribution >= 0.6 is 0 Å². The first kappa shape index (κ1) is 19.3. The van der Waals surface area contributed by atoms with Crippen LogP contribution in [0.1, 0.15) is 23.6 Å². The van der Waals surface area contributed by atoms with Crippen molar-refractivity contribution in [3.05, 3.63) is 53.1 Å². The van der Waals surface area contributed by atoms with Crippen LogP contribution in [0, 0.1) is 20.8 Å². The van der Waals surface area contributed by atoms with Gasteiger partial charge in [0.2, 0.25) is 10.0 Å². The van der Waals surface area contributed by atoms with Crippen molar-refractivity contribution >= 4 is 10.0 Å². The van der Waals surface area contributed by atoms with Crippen LogP contribution in [0.3, 0.4) is 0 Å². The van der Waals surface area contributed by atoms with Gasteiger partial charge in [0.1, 0.15) is 18.1 Å². The van der Waals surface area contributed by atoms with Crippen LogP contribution in [-0.4, -0.2) is 28.2 Å². The molecule has 0 atom stereocenters. The summed E-state index contributed by atoms with van der Waals surface area (Å²) < 4.78 is 38.6. The Morgan fingerprint density at radius 2 is 1.44 bits per heavy atom. The molecule has 0 radical (unpaired) electrons. The molecule has 5 nitrogen and oxygen atoms in total. The molecule has 25 heavy (non-hydrogen) atoms. The fourth-order valence-corrected chi connectivity index (χ4v) is 4.27. The molecule has 0 aliphatic rings. The number of hydrogen-bond donors (Lipinski definition) is 1. The predicted octanol–water partition coefficient (Wildman–Crippen LogP) is 3.37. The van der Waals surface area contributed by atoms with Gasteiger partial charge < -0.3 is 9.47 Å². The van der Waals surface area contributed by atoms with E-state index in [9.17, 15) is 8.42 Å². The summed E-state index contributed by atoms with van der Waals surface area (Å²) in [4.78, 5) is 0.346. The van der Waals surface area contributed by atoms with Gasteiger partial charge in [-0.1, -0.05) is 17.7 Å². The Bertz CT molecular complexity index is 791. The molecule has 2 aromatic carbocycles. The quantitative estimate of drug-likeness (QED) is 0.731. The summed E-state index contributed by atoms with van der Waals surface area (Å²) in [5.41, 5.74) is 2.54. The molecule has 0 aromatic heterocycles. The van der Waals surface area contributed by atoms with Gasteiger partial charge in [-0.2, -0.15) is 0 Å². The number of aryl methyl sites for hydroxylation is 3. The van der Waals surface area contributed by atoms with Crippen LogP contribution in [0.25, 0.3) is 0 Å². The second-order valence-corrected chi connectivity index (χ2v) is 7.58. The molecule has 2 rings (SSSR count). The molecule has 6 heteroatoms. The van der Waals surface area contributed by atoms with Crippen molar-refractivity contribution in [1.82, 2.24) is 4.72 Å². The van der Waals surface area contributed by atoms with Crippen molar-refractivity contribution in [3.8, 4) is 11.5 Å². The minimum atomic E-state index is -3.56. The highest BCUT2D eigenvalue weighted by molar-refractivity contribution is 7.89. The smallest absolute Gasteiger partial charge is 0.241 e. The lowest BCUT2D eigenvalue weighted by Gasteiger charge is -2.13. The van der Waals surface area contributed by atoms with E-state index in [-0.39, 0.29) is 13.2 Å². The topological polar surface area (TPSA) is 64.6 Å². The van der Waals surface area contributed by atoms with E-state index in [4.69, 9.17) is 9.47 Å². The zero-order valence-corrected chi connectivity index (χ0v) is 15.9. The van der Waals surface area contributed by atoms with Gasteiger partial charge in [-0.05, 0) is 63.1 Å². The zero-order chi connectivity index (χ0) is 18.4. The fourth-order valence-electron chi connectivity index (χ4n) is 2.81. The minimum absolute atomic E-state index is 0.197. The number of sulfonamides is 1. The molecular weight excluding hydrogens is 338 g/mol. The maximum Gasteiger partial charge on any atom is 0.241 e. The molecule has 0 spiro atoms. The van der Waals surface area contributed by atoms with E-state index in [0.717, 1.165) is 22.4 Å². The van der Waals surface area contributed by atoms with E-state index in [1.165, 1.54) is 0 Å². The maximum atomic E-state index is 12.5. The molecule has 0 unspecified atom stereocenters. The monoisotopic (exact) mass is 363 g/mol. The molecular formula is C19H25NO4S. The third-order valence-corrected chi connectivity index (χ3v) is 5.44. The van der Waals surface area contributed by atoms with Crippen LogP contribution in [-0.2, 0) is 10.0 Å². The van der Waals surface area contributed by atoms with Crippen molar-refractivity contribution in [2.75, 3.05) is 19.8 Å². The van der Waals surface area contributed by atoms with Crippen LogP contribution < -0.4 is 14.2 Å². The Hall–Kier alpha value is -2.05. The van der Waals surface area contributed by atoms with Crippen molar-refractivity contribution in [2.24, 2.45) is 0 Å². The van der Waals surface area contributed by atoms with E-state index in [1.807, 2.05) is 52.0 Å². The molecule has 2 aromatic rings. The van der Waals surface area contributed by atoms with Gasteiger partial charge in [0, 0.05) is 6.54 Å². The third kappa shape index (κ3) is 5.21. The van der Waals surface area contributed by atoms with Crippen LogP contribution in [0.4, 0.5) is 0 Å². The molecule has 0 saturated heterocycles. The van der Waals surface area contributed by atoms with E-state index in [2.05, 4.69) is 4.72 Å². The molecule has 0 aliphatic heterocycles. The predicted molar refractivity (Wildman–Crippen MR) is 98.9 cm³/mol. The molecule has 0 amide bonds. The zero-order valence-electron chi connectivity index (χ0n) is 15.1. The molecule has 1 N–H and O–H groups in total. The molecule has 0 fully saturated rings. The number of nitrogens with one attached hydrogen (secondary N) is 1. The summed E-state index contributed by atoms with van der Waals surface area (Å²) in [6.07, 6.45) is 0. The summed E-state index contributed by atoms with van der Waals surface area (Å²) in [5, 5.41) is 0. The Balaban J connectivity index is 1.92. The van der Waals surface area contributed by atoms with Gasteiger partial charge in [0.05, 0.1) is 11.5 Å². The minimum Gasteiger partial charge on any atom is -0.494 e. The Kier molecular flexibility index (Phi) is 6.45. The van der Waals surface area contributed by atoms with E-state index < -0.39 is 10.0 Å². The first-order valence-electron chi connectivity index (χ1n) is 8.26. The summed E-state index contributed by atoms with van der Waals surface area (Å²) in [5.74, 6) is 1.45. The largest absolute Gasteiger partial charge is 0.494 e. The first-order chi connectivity index (χ1) is 11.8. The van der Waals surface area contributed by atoms with Crippen LogP contribution in [0.2, 0.25) is 0 Å². The highest BCUT2D eigenvalue weighted by Crippen LogP contribution is 2.21. The normalized spacial score (nSPS) is 11.4. The SMILES string of the molecule is CCOc1ccc(OCCNS(=O)(=O)c2c(C)cc(C)cc2C)cc1. The van der Waals surface area contributed by atoms with Crippen LogP contribution in [0.5, 0.6) is 11.5 Å². The number of rotatable bonds is 8. The Labute approximate surface area is 150 Å². The summed E-state index contributed by atoms with van der Waals surface area (Å²) in [6.45, 7) is 8.55. The van der Waals surface area contributed by atoms with Gasteiger partial charge >= 0.3 is 0 Å². The molecule has 0 heterocycles. The van der Waals surface area contributed by atoms with Crippen molar-refractivity contribution < 1.29 is 17.9 Å². The lowest BCUT2D eigenvalue weighted by Crippen LogP contribution is -2.29. The van der Waals surface area contributed by atoms with Crippen molar-refractivity contribution in [2.45, 2.75) is 32.6 Å². The number of ether oxygens (including phenoxy) is 2. The van der Waals surface area contributed by atoms with E-state index in [0.29, 0.717) is 17.3 Å². The average Bonchev–Trinajstić information content (AvgIpc) is 2.52. The lowest BCUT2D eigenvalue weighted by atomic mass is 10.1. The van der Waals surface area contributed by atoms with Gasteiger partial charge in [-0.3, -0.25) is 0 Å². The van der Waals surface area contributed by atoms with Gasteiger partial charge in [-0.15, -0.1) is 0 Å². The third-order valence-electron chi connectivity index (χ3n) is 3.67. The molecule has 0 bridgehead atoms. The summed E-state index contributed by atoms with van der Waals surface area (Å²) >= 11 is 0. The standard InChI is InChI=1S/C19H25NO4S/c1-5-23-17-6-8-18(9-7-17)24-11-10-20-25(21,22)19-15(3)12-14(2)13-16(19)4/h6-9,12-13,20H,5,10-11H2,1-4H3. The Morgan fingerprint density at radius 1 is 0.920 bits per heavy atom. The van der Waals surface area contributed by atoms with E-state index >= 15 is 0 Å². The second kappa shape index (κ2) is 8.36. The second-order valence-electron chi connectivity index (χ2n) is 5.88. The van der Waals surface area contributed by atoms with Gasteiger partial charge in [0.15, 0.2) is 0 Å². The fraction of sp³-hybridized carbons (Fsp3) is 0.368. The first-order valence-corrected chi connectivity index (χ1v) is 9.75. The average molecular weight is 363 g/mol. The lowest BCUT2D eigenvalue weighted by molar-refractivity contribution is 0.319. The summed E-state index contributed by atoms with van der Waals surface area (Å²) in [6, 6.07) is 11.0. The molecule has 136 valence electrons. The van der Waals surface area contributed by atoms with Crippen LogP contribution in [0.15, 0.2) is 41.3 Å². The van der Waals surface area contributed by atoms with Crippen molar-refractivity contribution in [3.63, 3.8) is 0 Å². The highest BCUT2D eigenvalue weighted by atomic mass is 32.2. The number of benzene rings is 2. The van der Waals surface area contributed by atoms with E-state index in [1.54, 1.807) is 12.1 Å². The van der Waals surface area contributed by atoms with Gasteiger partial charge in [-0.25, -0.2) is 13.1 Å². The summed E-state index contributed by atoms with van der Waals surface area (Å²) in [7, 11) is -3.56. The van der Waals surface area contributed by atoms with Gasteiger partial charge in [0.25, 0.3) is 0 Å². The number of hydrogen-bond acceptors (Lipinski definition) is 4. The molecule has 0 saturated carbocycles. The van der Waals surface area contributed by atoms with Crippen molar-refractivity contribution in [1.29, 1.82) is 0 Å². The molecule has 0 aliphatic carbocycles. The Morgan fingerprint density at radius 3 is 1.96 bits per heavy atom. The maximum absolute atomic E-state index is 12.5. The highest BCUT2D eigenvalue weighted by Gasteiger charge is 2.19.